The molecule has 224 valence electrons. The van der Waals surface area contributed by atoms with Crippen molar-refractivity contribution in [3.05, 3.63) is 99.0 Å². The van der Waals surface area contributed by atoms with Gasteiger partial charge in [-0.15, -0.1) is 0 Å². The topological polar surface area (TPSA) is 86.8 Å². The molecule has 1 N–H and O–H groups in total. The first-order valence-corrected chi connectivity index (χ1v) is 16.8. The number of carbonyl (C=O) groups excluding carboxylic acids is 2. The van der Waals surface area contributed by atoms with E-state index in [1.165, 1.54) is 11.0 Å². The third-order valence-corrected chi connectivity index (χ3v) is 9.45. The number of hydrogen-bond donors (Lipinski definition) is 1. The number of nitrogens with zero attached hydrogens (tertiary/aromatic N) is 2. The molecule has 0 radical (unpaired) electrons. The van der Waals surface area contributed by atoms with Crippen LogP contribution in [0.15, 0.2) is 72.8 Å². The van der Waals surface area contributed by atoms with Crippen molar-refractivity contribution in [2.75, 3.05) is 17.1 Å². The molecule has 1 aliphatic rings. The van der Waals surface area contributed by atoms with E-state index in [9.17, 15) is 18.0 Å². The standard InChI is InChI=1S/C31H34Cl3N3O4S/c1-42(40,41)37(26-14-8-11-24(32)19-26)21-30(38)36(20-23-15-16-27(33)28(34)17-23)29(18-22-9-4-2-5-10-22)31(39)35-25-12-6-3-7-13-25/h2,4-5,8-11,14-17,19,25,29H,3,6-7,12-13,18,20-21H2,1H3,(H,35,39). The molecule has 7 nitrogen and oxygen atoms in total. The van der Waals surface area contributed by atoms with Crippen LogP contribution in [0, 0.1) is 0 Å². The molecule has 3 aromatic rings. The molecule has 0 aliphatic heterocycles. The molecule has 0 saturated heterocycles. The van der Waals surface area contributed by atoms with Crippen molar-refractivity contribution >= 4 is 62.3 Å². The van der Waals surface area contributed by atoms with Crippen LogP contribution in [-0.2, 0) is 32.6 Å². The highest BCUT2D eigenvalue weighted by Gasteiger charge is 2.34. The summed E-state index contributed by atoms with van der Waals surface area (Å²) in [7, 11) is -3.89. The summed E-state index contributed by atoms with van der Waals surface area (Å²) in [6.45, 7) is -0.513. The summed E-state index contributed by atoms with van der Waals surface area (Å²) in [6.07, 6.45) is 6.21. The van der Waals surface area contributed by atoms with Gasteiger partial charge in [0.15, 0.2) is 0 Å². The Balaban J connectivity index is 1.74. The quantitative estimate of drug-likeness (QED) is 0.257. The molecule has 1 fully saturated rings. The zero-order valence-corrected chi connectivity index (χ0v) is 26.4. The second kappa shape index (κ2) is 14.6. The van der Waals surface area contributed by atoms with Gasteiger partial charge in [-0.05, 0) is 54.3 Å². The zero-order chi connectivity index (χ0) is 30.3. The fraction of sp³-hybridized carbons (Fsp3) is 0.355. The fourth-order valence-electron chi connectivity index (χ4n) is 5.18. The van der Waals surface area contributed by atoms with Gasteiger partial charge in [-0.1, -0.05) is 96.5 Å². The molecule has 2 amide bonds. The molecular formula is C31H34Cl3N3O4S. The Labute approximate surface area is 262 Å². The minimum Gasteiger partial charge on any atom is -0.352 e. The molecule has 11 heteroatoms. The molecular weight excluding hydrogens is 617 g/mol. The summed E-state index contributed by atoms with van der Waals surface area (Å²) in [4.78, 5) is 29.6. The van der Waals surface area contributed by atoms with Crippen molar-refractivity contribution in [3.63, 3.8) is 0 Å². The van der Waals surface area contributed by atoms with Crippen LogP contribution in [0.3, 0.4) is 0 Å². The number of amides is 2. The second-order valence-electron chi connectivity index (χ2n) is 10.6. The molecule has 3 aromatic carbocycles. The number of anilines is 1. The average Bonchev–Trinajstić information content (AvgIpc) is 2.95. The van der Waals surface area contributed by atoms with Gasteiger partial charge in [0.1, 0.15) is 12.6 Å². The zero-order valence-electron chi connectivity index (χ0n) is 23.3. The summed E-state index contributed by atoms with van der Waals surface area (Å²) in [5, 5.41) is 4.17. The molecule has 1 unspecified atom stereocenters. The molecule has 0 bridgehead atoms. The number of benzene rings is 3. The summed E-state index contributed by atoms with van der Waals surface area (Å²) in [6, 6.07) is 19.8. The fourth-order valence-corrected chi connectivity index (χ4v) is 6.52. The minimum absolute atomic E-state index is 0.0124. The maximum Gasteiger partial charge on any atom is 0.244 e. The maximum atomic E-state index is 14.2. The Morgan fingerprint density at radius 2 is 1.60 bits per heavy atom. The number of hydrogen-bond acceptors (Lipinski definition) is 4. The lowest BCUT2D eigenvalue weighted by Crippen LogP contribution is -2.55. The number of rotatable bonds is 11. The third kappa shape index (κ3) is 8.86. The lowest BCUT2D eigenvalue weighted by molar-refractivity contribution is -0.140. The lowest BCUT2D eigenvalue weighted by atomic mass is 9.94. The van der Waals surface area contributed by atoms with Crippen molar-refractivity contribution in [3.8, 4) is 0 Å². The highest BCUT2D eigenvalue weighted by molar-refractivity contribution is 7.92. The summed E-state index contributed by atoms with van der Waals surface area (Å²) in [5.74, 6) is -0.834. The maximum absolute atomic E-state index is 14.2. The van der Waals surface area contributed by atoms with Crippen molar-refractivity contribution in [1.82, 2.24) is 10.2 Å². The van der Waals surface area contributed by atoms with Gasteiger partial charge in [0.05, 0.1) is 22.0 Å². The van der Waals surface area contributed by atoms with Gasteiger partial charge in [0.25, 0.3) is 0 Å². The van der Waals surface area contributed by atoms with Crippen LogP contribution in [0.1, 0.15) is 43.2 Å². The highest BCUT2D eigenvalue weighted by atomic mass is 35.5. The van der Waals surface area contributed by atoms with Gasteiger partial charge in [-0.2, -0.15) is 0 Å². The third-order valence-electron chi connectivity index (χ3n) is 7.33. The van der Waals surface area contributed by atoms with E-state index in [-0.39, 0.29) is 30.6 Å². The summed E-state index contributed by atoms with van der Waals surface area (Å²) in [5.41, 5.74) is 1.76. The first-order chi connectivity index (χ1) is 20.0. The van der Waals surface area contributed by atoms with Crippen LogP contribution >= 0.6 is 34.8 Å². The average molecular weight is 651 g/mol. The largest absolute Gasteiger partial charge is 0.352 e. The van der Waals surface area contributed by atoms with Crippen molar-refractivity contribution in [2.24, 2.45) is 0 Å². The summed E-state index contributed by atoms with van der Waals surface area (Å²) >= 11 is 18.6. The van der Waals surface area contributed by atoms with E-state index in [2.05, 4.69) is 5.32 Å². The normalized spacial score (nSPS) is 14.7. The minimum atomic E-state index is -3.89. The predicted octanol–water partition coefficient (Wildman–Crippen LogP) is 6.50. The van der Waals surface area contributed by atoms with Crippen LogP contribution in [-0.4, -0.2) is 50.0 Å². The van der Waals surface area contributed by atoms with Crippen LogP contribution in [0.2, 0.25) is 15.1 Å². The van der Waals surface area contributed by atoms with Gasteiger partial charge in [0.2, 0.25) is 21.8 Å². The number of carbonyl (C=O) groups is 2. The molecule has 0 heterocycles. The number of sulfonamides is 1. The highest BCUT2D eigenvalue weighted by Crippen LogP contribution is 2.26. The predicted molar refractivity (Wildman–Crippen MR) is 170 cm³/mol. The van der Waals surface area contributed by atoms with Crippen LogP contribution in [0.25, 0.3) is 0 Å². The molecule has 42 heavy (non-hydrogen) atoms. The van der Waals surface area contributed by atoms with Crippen LogP contribution < -0.4 is 9.62 Å². The first kappa shape index (κ1) is 32.1. The van der Waals surface area contributed by atoms with Gasteiger partial charge in [-0.3, -0.25) is 13.9 Å². The van der Waals surface area contributed by atoms with E-state index >= 15 is 0 Å². The Hall–Kier alpha value is -2.78. The van der Waals surface area contributed by atoms with E-state index in [0.717, 1.165) is 48.2 Å². The van der Waals surface area contributed by atoms with E-state index in [0.29, 0.717) is 20.6 Å². The number of nitrogens with one attached hydrogen (secondary N) is 1. The second-order valence-corrected chi connectivity index (χ2v) is 13.7. The molecule has 1 saturated carbocycles. The van der Waals surface area contributed by atoms with Crippen molar-refractivity contribution in [2.45, 2.75) is 57.2 Å². The Morgan fingerprint density at radius 1 is 0.881 bits per heavy atom. The monoisotopic (exact) mass is 649 g/mol. The SMILES string of the molecule is CS(=O)(=O)N(CC(=O)N(Cc1ccc(Cl)c(Cl)c1)C(Cc1ccccc1)C(=O)NC1CCCCC1)c1cccc(Cl)c1. The van der Waals surface area contributed by atoms with E-state index in [1.807, 2.05) is 30.3 Å². The number of halogens is 3. The van der Waals surface area contributed by atoms with Gasteiger partial charge in [0, 0.05) is 24.0 Å². The van der Waals surface area contributed by atoms with Crippen LogP contribution in [0.5, 0.6) is 0 Å². The van der Waals surface area contributed by atoms with E-state index < -0.39 is 28.5 Å². The molecule has 0 spiro atoms. The van der Waals surface area contributed by atoms with Crippen LogP contribution in [0.4, 0.5) is 5.69 Å². The Bertz CT molecular complexity index is 1500. The molecule has 1 atom stereocenters. The summed E-state index contributed by atoms with van der Waals surface area (Å²) < 4.78 is 26.8. The molecule has 4 rings (SSSR count). The van der Waals surface area contributed by atoms with E-state index in [1.54, 1.807) is 36.4 Å². The first-order valence-electron chi connectivity index (χ1n) is 13.8. The van der Waals surface area contributed by atoms with Crippen molar-refractivity contribution < 1.29 is 18.0 Å². The molecule has 1 aliphatic carbocycles. The lowest BCUT2D eigenvalue weighted by Gasteiger charge is -2.35. The van der Waals surface area contributed by atoms with Gasteiger partial charge < -0.3 is 10.2 Å². The molecule has 0 aromatic heterocycles. The van der Waals surface area contributed by atoms with Crippen molar-refractivity contribution in [1.29, 1.82) is 0 Å². The smallest absolute Gasteiger partial charge is 0.244 e. The van der Waals surface area contributed by atoms with Gasteiger partial charge >= 0.3 is 0 Å². The Morgan fingerprint density at radius 3 is 2.24 bits per heavy atom. The van der Waals surface area contributed by atoms with E-state index in [4.69, 9.17) is 34.8 Å². The van der Waals surface area contributed by atoms with Gasteiger partial charge in [-0.25, -0.2) is 8.42 Å². The Kier molecular flexibility index (Phi) is 11.2.